The van der Waals surface area contributed by atoms with Crippen LogP contribution in [0.5, 0.6) is 11.5 Å². The molecule has 2 aromatic rings. The summed E-state index contributed by atoms with van der Waals surface area (Å²) in [5.41, 5.74) is 3.34. The highest BCUT2D eigenvalue weighted by atomic mass is 16.5. The zero-order valence-corrected chi connectivity index (χ0v) is 13.0. The van der Waals surface area contributed by atoms with Gasteiger partial charge >= 0.3 is 0 Å². The van der Waals surface area contributed by atoms with Gasteiger partial charge in [-0.25, -0.2) is 0 Å². The number of para-hydroxylation sites is 2. The molecule has 0 unspecified atom stereocenters. The molecule has 0 aromatic heterocycles. The van der Waals surface area contributed by atoms with Crippen LogP contribution in [0.2, 0.25) is 0 Å². The summed E-state index contributed by atoms with van der Waals surface area (Å²) in [5.74, 6) is 1.62. The molecular formula is C17H22N2O2. The molecule has 4 nitrogen and oxygen atoms in total. The molecule has 2 aromatic carbocycles. The first-order chi connectivity index (χ1) is 10.2. The summed E-state index contributed by atoms with van der Waals surface area (Å²) in [4.78, 5) is 2.09. The van der Waals surface area contributed by atoms with Gasteiger partial charge in [0, 0.05) is 32.3 Å². The van der Waals surface area contributed by atoms with Gasteiger partial charge in [-0.15, -0.1) is 0 Å². The average molecular weight is 286 g/mol. The molecular weight excluding hydrogens is 264 g/mol. The molecule has 0 saturated carbocycles. The van der Waals surface area contributed by atoms with Crippen molar-refractivity contribution in [2.24, 2.45) is 0 Å². The number of benzene rings is 2. The Labute approximate surface area is 126 Å². The lowest BCUT2D eigenvalue weighted by atomic mass is 10.1. The molecule has 0 bridgehead atoms. The fourth-order valence-corrected chi connectivity index (χ4v) is 2.20. The summed E-state index contributed by atoms with van der Waals surface area (Å²) in [7, 11) is 7.40. The SMILES string of the molecule is COc1ccc(CNc2ccccc2N(C)C)c(OC)c1. The normalized spacial score (nSPS) is 10.1. The van der Waals surface area contributed by atoms with Gasteiger partial charge in [-0.2, -0.15) is 0 Å². The van der Waals surface area contributed by atoms with Gasteiger partial charge in [-0.3, -0.25) is 0 Å². The monoisotopic (exact) mass is 286 g/mol. The van der Waals surface area contributed by atoms with E-state index in [0.29, 0.717) is 6.54 Å². The average Bonchev–Trinajstić information content (AvgIpc) is 2.52. The van der Waals surface area contributed by atoms with Crippen LogP contribution in [0.3, 0.4) is 0 Å². The lowest BCUT2D eigenvalue weighted by molar-refractivity contribution is 0.391. The standard InChI is InChI=1S/C17H22N2O2/c1-19(2)16-8-6-5-7-15(16)18-12-13-9-10-14(20-3)11-17(13)21-4/h5-11,18H,12H2,1-4H3. The third kappa shape index (κ3) is 3.60. The van der Waals surface area contributed by atoms with Gasteiger partial charge in [-0.1, -0.05) is 12.1 Å². The van der Waals surface area contributed by atoms with Crippen molar-refractivity contribution in [3.8, 4) is 11.5 Å². The van der Waals surface area contributed by atoms with E-state index in [1.165, 1.54) is 0 Å². The van der Waals surface area contributed by atoms with Gasteiger partial charge in [0.1, 0.15) is 11.5 Å². The van der Waals surface area contributed by atoms with Crippen LogP contribution >= 0.6 is 0 Å². The van der Waals surface area contributed by atoms with E-state index in [-0.39, 0.29) is 0 Å². The maximum atomic E-state index is 5.42. The second-order valence-corrected chi connectivity index (χ2v) is 4.94. The van der Waals surface area contributed by atoms with Gasteiger partial charge in [0.25, 0.3) is 0 Å². The minimum atomic E-state index is 0.692. The zero-order chi connectivity index (χ0) is 15.2. The summed E-state index contributed by atoms with van der Waals surface area (Å²) >= 11 is 0. The molecule has 0 amide bonds. The Morgan fingerprint density at radius 3 is 2.43 bits per heavy atom. The quantitative estimate of drug-likeness (QED) is 0.882. The molecule has 0 atom stereocenters. The highest BCUT2D eigenvalue weighted by molar-refractivity contribution is 5.69. The number of hydrogen-bond donors (Lipinski definition) is 1. The lowest BCUT2D eigenvalue weighted by Gasteiger charge is -2.19. The van der Waals surface area contributed by atoms with Crippen LogP contribution in [-0.4, -0.2) is 28.3 Å². The van der Waals surface area contributed by atoms with Gasteiger partial charge in [-0.05, 0) is 24.3 Å². The molecule has 0 heterocycles. The van der Waals surface area contributed by atoms with Crippen molar-refractivity contribution in [3.63, 3.8) is 0 Å². The Kier molecular flexibility index (Phi) is 4.93. The van der Waals surface area contributed by atoms with E-state index in [1.807, 2.05) is 44.4 Å². The zero-order valence-electron chi connectivity index (χ0n) is 13.0. The minimum absolute atomic E-state index is 0.692. The highest BCUT2D eigenvalue weighted by Gasteiger charge is 2.07. The summed E-state index contributed by atoms with van der Waals surface area (Å²) < 4.78 is 10.6. The van der Waals surface area contributed by atoms with Crippen molar-refractivity contribution in [2.75, 3.05) is 38.5 Å². The van der Waals surface area contributed by atoms with E-state index in [1.54, 1.807) is 14.2 Å². The van der Waals surface area contributed by atoms with Crippen LogP contribution in [-0.2, 0) is 6.54 Å². The van der Waals surface area contributed by atoms with Gasteiger partial charge in [0.05, 0.1) is 25.6 Å². The molecule has 112 valence electrons. The third-order valence-corrected chi connectivity index (χ3v) is 3.35. The molecule has 0 radical (unpaired) electrons. The number of nitrogens with zero attached hydrogens (tertiary/aromatic N) is 1. The van der Waals surface area contributed by atoms with Crippen molar-refractivity contribution >= 4 is 11.4 Å². The molecule has 0 aliphatic rings. The Morgan fingerprint density at radius 2 is 1.76 bits per heavy atom. The first-order valence-electron chi connectivity index (χ1n) is 6.87. The lowest BCUT2D eigenvalue weighted by Crippen LogP contribution is -2.12. The van der Waals surface area contributed by atoms with Crippen molar-refractivity contribution in [1.82, 2.24) is 0 Å². The fourth-order valence-electron chi connectivity index (χ4n) is 2.20. The molecule has 1 N–H and O–H groups in total. The van der Waals surface area contributed by atoms with Crippen molar-refractivity contribution < 1.29 is 9.47 Å². The number of rotatable bonds is 6. The topological polar surface area (TPSA) is 33.7 Å². The van der Waals surface area contributed by atoms with Crippen LogP contribution in [0.15, 0.2) is 42.5 Å². The molecule has 0 saturated heterocycles. The summed E-state index contributed by atoms with van der Waals surface area (Å²) in [6.07, 6.45) is 0. The molecule has 0 aliphatic heterocycles. The molecule has 2 rings (SSSR count). The number of ether oxygens (including phenoxy) is 2. The van der Waals surface area contributed by atoms with Crippen molar-refractivity contribution in [1.29, 1.82) is 0 Å². The van der Waals surface area contributed by atoms with Crippen molar-refractivity contribution in [3.05, 3.63) is 48.0 Å². The van der Waals surface area contributed by atoms with Crippen LogP contribution in [0.1, 0.15) is 5.56 Å². The van der Waals surface area contributed by atoms with Crippen LogP contribution in [0, 0.1) is 0 Å². The first-order valence-corrected chi connectivity index (χ1v) is 6.87. The Balaban J connectivity index is 2.17. The molecule has 0 fully saturated rings. The minimum Gasteiger partial charge on any atom is -0.497 e. The first kappa shape index (κ1) is 15.0. The van der Waals surface area contributed by atoms with E-state index < -0.39 is 0 Å². The van der Waals surface area contributed by atoms with Crippen LogP contribution < -0.4 is 19.7 Å². The van der Waals surface area contributed by atoms with E-state index in [2.05, 4.69) is 22.3 Å². The van der Waals surface area contributed by atoms with Gasteiger partial charge in [0.2, 0.25) is 0 Å². The third-order valence-electron chi connectivity index (χ3n) is 3.35. The number of anilines is 2. The summed E-state index contributed by atoms with van der Waals surface area (Å²) in [6.45, 7) is 0.692. The van der Waals surface area contributed by atoms with E-state index in [4.69, 9.17) is 9.47 Å². The van der Waals surface area contributed by atoms with Gasteiger partial charge < -0.3 is 19.7 Å². The predicted molar refractivity (Wildman–Crippen MR) is 87.6 cm³/mol. The van der Waals surface area contributed by atoms with E-state index in [9.17, 15) is 0 Å². The fraction of sp³-hybridized carbons (Fsp3) is 0.294. The summed E-state index contributed by atoms with van der Waals surface area (Å²) in [5, 5.41) is 3.46. The number of methoxy groups -OCH3 is 2. The van der Waals surface area contributed by atoms with Crippen LogP contribution in [0.4, 0.5) is 11.4 Å². The largest absolute Gasteiger partial charge is 0.497 e. The van der Waals surface area contributed by atoms with E-state index >= 15 is 0 Å². The molecule has 21 heavy (non-hydrogen) atoms. The maximum Gasteiger partial charge on any atom is 0.127 e. The summed E-state index contributed by atoms with van der Waals surface area (Å²) in [6, 6.07) is 14.1. The van der Waals surface area contributed by atoms with Crippen LogP contribution in [0.25, 0.3) is 0 Å². The second-order valence-electron chi connectivity index (χ2n) is 4.94. The Bertz CT molecular complexity index is 597. The predicted octanol–water partition coefficient (Wildman–Crippen LogP) is 3.38. The second kappa shape index (κ2) is 6.88. The highest BCUT2D eigenvalue weighted by Crippen LogP contribution is 2.28. The number of hydrogen-bond acceptors (Lipinski definition) is 4. The number of nitrogens with one attached hydrogen (secondary N) is 1. The molecule has 0 spiro atoms. The maximum absolute atomic E-state index is 5.42. The Hall–Kier alpha value is -2.36. The molecule has 0 aliphatic carbocycles. The van der Waals surface area contributed by atoms with E-state index in [0.717, 1.165) is 28.4 Å². The molecule has 4 heteroatoms. The van der Waals surface area contributed by atoms with Crippen molar-refractivity contribution in [2.45, 2.75) is 6.54 Å². The smallest absolute Gasteiger partial charge is 0.127 e. The van der Waals surface area contributed by atoms with Gasteiger partial charge in [0.15, 0.2) is 0 Å². The Morgan fingerprint density at radius 1 is 1.00 bits per heavy atom.